The Morgan fingerprint density at radius 1 is 1.39 bits per heavy atom. The van der Waals surface area contributed by atoms with E-state index >= 15 is 0 Å². The van der Waals surface area contributed by atoms with Crippen LogP contribution in [0.2, 0.25) is 0 Å². The highest BCUT2D eigenvalue weighted by molar-refractivity contribution is 5.83. The van der Waals surface area contributed by atoms with Gasteiger partial charge in [-0.15, -0.1) is 6.58 Å². The van der Waals surface area contributed by atoms with Crippen LogP contribution in [-0.2, 0) is 6.42 Å². The lowest BCUT2D eigenvalue weighted by molar-refractivity contribution is 0.195. The first-order valence-electron chi connectivity index (χ1n) is 8.56. The van der Waals surface area contributed by atoms with Gasteiger partial charge in [-0.2, -0.15) is 0 Å². The molecule has 1 saturated heterocycles. The minimum atomic E-state index is 0.676. The van der Waals surface area contributed by atoms with E-state index in [1.165, 1.54) is 43.3 Å². The summed E-state index contributed by atoms with van der Waals surface area (Å²) in [5.41, 5.74) is 2.42. The Balaban J connectivity index is 1.64. The molecule has 3 heteroatoms. The minimum Gasteiger partial charge on any atom is -0.497 e. The zero-order valence-corrected chi connectivity index (χ0v) is 14.0. The predicted molar refractivity (Wildman–Crippen MR) is 96.0 cm³/mol. The zero-order valence-electron chi connectivity index (χ0n) is 14.0. The maximum atomic E-state index is 5.36. The Kier molecular flexibility index (Phi) is 5.29. The molecule has 122 valence electrons. The first-order valence-corrected chi connectivity index (χ1v) is 8.56. The fourth-order valence-electron chi connectivity index (χ4n) is 3.51. The lowest BCUT2D eigenvalue weighted by Crippen LogP contribution is -2.35. The molecule has 1 fully saturated rings. The van der Waals surface area contributed by atoms with Crippen molar-refractivity contribution in [1.29, 1.82) is 0 Å². The van der Waals surface area contributed by atoms with Crippen LogP contribution < -0.4 is 4.74 Å². The van der Waals surface area contributed by atoms with Crippen LogP contribution in [0, 0.1) is 5.92 Å². The highest BCUT2D eigenvalue weighted by atomic mass is 16.5. The van der Waals surface area contributed by atoms with Crippen molar-refractivity contribution in [3.63, 3.8) is 0 Å². The minimum absolute atomic E-state index is 0.676. The maximum Gasteiger partial charge on any atom is 0.119 e. The van der Waals surface area contributed by atoms with Gasteiger partial charge in [0.2, 0.25) is 0 Å². The lowest BCUT2D eigenvalue weighted by Gasteiger charge is -2.31. The molecule has 3 rings (SSSR count). The number of nitrogens with zero attached hydrogens (tertiary/aromatic N) is 2. The highest BCUT2D eigenvalue weighted by Gasteiger charge is 2.16. The Labute approximate surface area is 139 Å². The average Bonchev–Trinajstić information content (AvgIpc) is 2.61. The van der Waals surface area contributed by atoms with Crippen molar-refractivity contribution in [2.75, 3.05) is 26.7 Å². The molecule has 0 N–H and O–H groups in total. The molecule has 23 heavy (non-hydrogen) atoms. The molecule has 0 aliphatic carbocycles. The predicted octanol–water partition coefficient (Wildman–Crippen LogP) is 4.07. The number of fused-ring (bicyclic) bond motifs is 1. The van der Waals surface area contributed by atoms with E-state index < -0.39 is 0 Å². The second-order valence-corrected chi connectivity index (χ2v) is 6.40. The number of benzene rings is 1. The van der Waals surface area contributed by atoms with Crippen molar-refractivity contribution in [1.82, 2.24) is 9.88 Å². The van der Waals surface area contributed by atoms with E-state index in [1.807, 2.05) is 18.3 Å². The van der Waals surface area contributed by atoms with Gasteiger partial charge in [0.25, 0.3) is 0 Å². The summed E-state index contributed by atoms with van der Waals surface area (Å²) in [4.78, 5) is 7.04. The number of hydrogen-bond donors (Lipinski definition) is 0. The van der Waals surface area contributed by atoms with Gasteiger partial charge in [0.15, 0.2) is 0 Å². The van der Waals surface area contributed by atoms with Crippen LogP contribution in [0.4, 0.5) is 0 Å². The van der Waals surface area contributed by atoms with Crippen molar-refractivity contribution >= 4 is 10.9 Å². The van der Waals surface area contributed by atoms with Crippen LogP contribution in [0.1, 0.15) is 24.8 Å². The number of hydrogen-bond acceptors (Lipinski definition) is 3. The third-order valence-corrected chi connectivity index (χ3v) is 4.83. The van der Waals surface area contributed by atoms with Crippen molar-refractivity contribution in [3.05, 3.63) is 48.7 Å². The average molecular weight is 310 g/mol. The van der Waals surface area contributed by atoms with Crippen LogP contribution >= 0.6 is 0 Å². The number of rotatable bonds is 6. The second kappa shape index (κ2) is 7.60. The van der Waals surface area contributed by atoms with E-state index in [4.69, 9.17) is 4.74 Å². The quantitative estimate of drug-likeness (QED) is 0.752. The topological polar surface area (TPSA) is 25.4 Å². The molecular weight excluding hydrogens is 284 g/mol. The fraction of sp³-hybridized carbons (Fsp3) is 0.450. The molecule has 1 aliphatic rings. The molecule has 3 nitrogen and oxygen atoms in total. The third kappa shape index (κ3) is 3.91. The normalized spacial score (nSPS) is 18.9. The molecule has 0 amide bonds. The standard InChI is InChI=1S/C20H26N2O/c1-3-16-6-4-12-22(15-16)13-5-7-17-10-11-21-20-9-8-18(23-2)14-19(17)20/h3,8-11,14,16H,1,4-7,12-13,15H2,2H3/t16-/m0/s1. The van der Waals surface area contributed by atoms with Gasteiger partial charge in [0.1, 0.15) is 5.75 Å². The van der Waals surface area contributed by atoms with Gasteiger partial charge in [-0.3, -0.25) is 4.98 Å². The summed E-state index contributed by atoms with van der Waals surface area (Å²) in [6.07, 6.45) is 8.90. The molecule has 1 atom stereocenters. The molecule has 0 bridgehead atoms. The lowest BCUT2D eigenvalue weighted by atomic mass is 9.97. The van der Waals surface area contributed by atoms with E-state index in [0.29, 0.717) is 5.92 Å². The molecule has 1 aromatic heterocycles. The van der Waals surface area contributed by atoms with E-state index in [9.17, 15) is 0 Å². The van der Waals surface area contributed by atoms with E-state index in [2.05, 4.69) is 34.7 Å². The van der Waals surface area contributed by atoms with Crippen LogP contribution in [0.3, 0.4) is 0 Å². The number of methoxy groups -OCH3 is 1. The summed E-state index contributed by atoms with van der Waals surface area (Å²) in [6.45, 7) is 7.52. The molecule has 1 aromatic carbocycles. The van der Waals surface area contributed by atoms with Crippen molar-refractivity contribution in [3.8, 4) is 5.75 Å². The van der Waals surface area contributed by atoms with Gasteiger partial charge in [0.05, 0.1) is 12.6 Å². The number of aromatic nitrogens is 1. The molecule has 2 aromatic rings. The number of aryl methyl sites for hydroxylation is 1. The molecule has 0 unspecified atom stereocenters. The van der Waals surface area contributed by atoms with Gasteiger partial charge < -0.3 is 9.64 Å². The number of piperidine rings is 1. The summed E-state index contributed by atoms with van der Waals surface area (Å²) < 4.78 is 5.36. The largest absolute Gasteiger partial charge is 0.497 e. The van der Waals surface area contributed by atoms with E-state index in [-0.39, 0.29) is 0 Å². The molecule has 1 aliphatic heterocycles. The van der Waals surface area contributed by atoms with Gasteiger partial charge in [0, 0.05) is 18.1 Å². The van der Waals surface area contributed by atoms with Crippen LogP contribution in [0.25, 0.3) is 10.9 Å². The van der Waals surface area contributed by atoms with Gasteiger partial charge in [-0.05, 0) is 74.5 Å². The van der Waals surface area contributed by atoms with Gasteiger partial charge in [-0.1, -0.05) is 6.08 Å². The summed E-state index contributed by atoms with van der Waals surface area (Å²) in [7, 11) is 1.71. The summed E-state index contributed by atoms with van der Waals surface area (Å²) in [5.74, 6) is 1.58. The molecule has 0 radical (unpaired) electrons. The third-order valence-electron chi connectivity index (χ3n) is 4.83. The van der Waals surface area contributed by atoms with Crippen molar-refractivity contribution in [2.24, 2.45) is 5.92 Å². The van der Waals surface area contributed by atoms with Crippen LogP contribution in [-0.4, -0.2) is 36.6 Å². The molecule has 2 heterocycles. The summed E-state index contributed by atoms with van der Waals surface area (Å²) in [6, 6.07) is 8.26. The number of pyridine rings is 1. The van der Waals surface area contributed by atoms with Crippen molar-refractivity contribution < 1.29 is 4.74 Å². The van der Waals surface area contributed by atoms with Crippen molar-refractivity contribution in [2.45, 2.75) is 25.7 Å². The molecular formula is C20H26N2O. The zero-order chi connectivity index (χ0) is 16.1. The Bertz CT molecular complexity index is 668. The van der Waals surface area contributed by atoms with Gasteiger partial charge >= 0.3 is 0 Å². The monoisotopic (exact) mass is 310 g/mol. The molecule has 0 spiro atoms. The van der Waals surface area contributed by atoms with E-state index in [0.717, 1.165) is 24.2 Å². The smallest absolute Gasteiger partial charge is 0.119 e. The van der Waals surface area contributed by atoms with Crippen LogP contribution in [0.15, 0.2) is 43.1 Å². The first-order chi connectivity index (χ1) is 11.3. The maximum absolute atomic E-state index is 5.36. The second-order valence-electron chi connectivity index (χ2n) is 6.40. The summed E-state index contributed by atoms with van der Waals surface area (Å²) >= 11 is 0. The Hall–Kier alpha value is -1.87. The SMILES string of the molecule is C=C[C@H]1CCCN(CCCc2ccnc3ccc(OC)cc23)C1. The number of likely N-dealkylation sites (tertiary alicyclic amines) is 1. The number of ether oxygens (including phenoxy) is 1. The summed E-state index contributed by atoms with van der Waals surface area (Å²) in [5, 5.41) is 1.22. The first kappa shape index (κ1) is 16.0. The Morgan fingerprint density at radius 3 is 3.13 bits per heavy atom. The van der Waals surface area contributed by atoms with Crippen LogP contribution in [0.5, 0.6) is 5.75 Å². The van der Waals surface area contributed by atoms with Gasteiger partial charge in [-0.25, -0.2) is 0 Å². The van der Waals surface area contributed by atoms with E-state index in [1.54, 1.807) is 7.11 Å². The fourth-order valence-corrected chi connectivity index (χ4v) is 3.51. The molecule has 0 saturated carbocycles. The Morgan fingerprint density at radius 2 is 2.30 bits per heavy atom. The highest BCUT2D eigenvalue weighted by Crippen LogP contribution is 2.24.